The Kier molecular flexibility index (Phi) is 6.97. The molecule has 1 aliphatic heterocycles. The van der Waals surface area contributed by atoms with E-state index in [-0.39, 0.29) is 50.9 Å². The topological polar surface area (TPSA) is 83.7 Å². The van der Waals surface area contributed by atoms with Crippen molar-refractivity contribution in [2.75, 3.05) is 31.9 Å². The zero-order valence-electron chi connectivity index (χ0n) is 14.8. The van der Waals surface area contributed by atoms with Crippen LogP contribution in [0.15, 0.2) is 47.4 Å². The van der Waals surface area contributed by atoms with Crippen LogP contribution in [0.3, 0.4) is 0 Å². The summed E-state index contributed by atoms with van der Waals surface area (Å²) < 4.78 is 53.1. The maximum Gasteiger partial charge on any atom is 0.246 e. The molecular weight excluding hydrogens is 412 g/mol. The average Bonchev–Trinajstić information content (AvgIpc) is 2.63. The van der Waals surface area contributed by atoms with E-state index in [0.29, 0.717) is 11.8 Å². The minimum Gasteiger partial charge on any atom is -0.399 e. The van der Waals surface area contributed by atoms with Crippen molar-refractivity contribution in [2.45, 2.75) is 11.3 Å². The van der Waals surface area contributed by atoms with Crippen LogP contribution < -0.4 is 5.73 Å². The third-order valence-electron chi connectivity index (χ3n) is 4.44. The number of rotatable bonds is 4. The normalized spacial score (nSPS) is 15.1. The standard InChI is InChI=1S/C18H19F2N3O3S.ClH/c19-14-3-6-17(16(20)12-14)27(25,26)23-9-7-22(8-10-23)18(24)11-13-1-4-15(21)5-2-13;/h1-6,12H,7-11,21H2;1H. The molecule has 1 amide bonds. The van der Waals surface area contributed by atoms with Gasteiger partial charge in [-0.25, -0.2) is 17.2 Å². The van der Waals surface area contributed by atoms with Crippen LogP contribution in [0, 0.1) is 11.6 Å². The highest BCUT2D eigenvalue weighted by molar-refractivity contribution is 7.89. The molecule has 0 unspecified atom stereocenters. The fourth-order valence-corrected chi connectivity index (χ4v) is 4.39. The van der Waals surface area contributed by atoms with Gasteiger partial charge in [-0.05, 0) is 29.8 Å². The third-order valence-corrected chi connectivity index (χ3v) is 6.37. The van der Waals surface area contributed by atoms with E-state index in [9.17, 15) is 22.0 Å². The second-order valence-electron chi connectivity index (χ2n) is 6.28. The zero-order chi connectivity index (χ0) is 19.6. The van der Waals surface area contributed by atoms with E-state index in [1.54, 1.807) is 29.2 Å². The molecular formula is C18H20ClF2N3O3S. The van der Waals surface area contributed by atoms with E-state index < -0.39 is 26.6 Å². The van der Waals surface area contributed by atoms with Crippen LogP contribution in [0.4, 0.5) is 14.5 Å². The highest BCUT2D eigenvalue weighted by atomic mass is 35.5. The van der Waals surface area contributed by atoms with Gasteiger partial charge >= 0.3 is 0 Å². The number of amides is 1. The number of carbonyl (C=O) groups excluding carboxylic acids is 1. The molecule has 152 valence electrons. The summed E-state index contributed by atoms with van der Waals surface area (Å²) in [5, 5.41) is 0. The quantitative estimate of drug-likeness (QED) is 0.751. The molecule has 1 aliphatic rings. The Morgan fingerprint density at radius 3 is 2.18 bits per heavy atom. The summed E-state index contributed by atoms with van der Waals surface area (Å²) in [4.78, 5) is 13.4. The van der Waals surface area contributed by atoms with Crippen molar-refractivity contribution in [3.05, 3.63) is 59.7 Å². The molecule has 0 bridgehead atoms. The second kappa shape index (κ2) is 8.85. The fourth-order valence-electron chi connectivity index (χ4n) is 2.92. The molecule has 0 aliphatic carbocycles. The van der Waals surface area contributed by atoms with Crippen LogP contribution in [0.5, 0.6) is 0 Å². The molecule has 10 heteroatoms. The predicted molar refractivity (Wildman–Crippen MR) is 104 cm³/mol. The first kappa shape index (κ1) is 22.1. The molecule has 0 atom stereocenters. The highest BCUT2D eigenvalue weighted by Gasteiger charge is 2.32. The number of anilines is 1. The SMILES string of the molecule is Cl.Nc1ccc(CC(=O)N2CCN(S(=O)(=O)c3ccc(F)cc3F)CC2)cc1. The lowest BCUT2D eigenvalue weighted by Crippen LogP contribution is -2.51. The lowest BCUT2D eigenvalue weighted by Gasteiger charge is -2.34. The van der Waals surface area contributed by atoms with Gasteiger partial charge in [-0.3, -0.25) is 4.79 Å². The molecule has 3 rings (SSSR count). The lowest BCUT2D eigenvalue weighted by atomic mass is 10.1. The third kappa shape index (κ3) is 4.78. The Labute approximate surface area is 168 Å². The van der Waals surface area contributed by atoms with Gasteiger partial charge in [-0.2, -0.15) is 4.31 Å². The van der Waals surface area contributed by atoms with Crippen LogP contribution in [-0.4, -0.2) is 49.7 Å². The van der Waals surface area contributed by atoms with E-state index in [1.165, 1.54) is 0 Å². The Morgan fingerprint density at radius 2 is 1.61 bits per heavy atom. The minimum absolute atomic E-state index is 0. The molecule has 0 spiro atoms. The Morgan fingerprint density at radius 1 is 1.00 bits per heavy atom. The van der Waals surface area contributed by atoms with Gasteiger partial charge in [0.1, 0.15) is 16.5 Å². The van der Waals surface area contributed by atoms with Gasteiger partial charge in [0.05, 0.1) is 6.42 Å². The summed E-state index contributed by atoms with van der Waals surface area (Å²) in [5.41, 5.74) is 7.04. The van der Waals surface area contributed by atoms with E-state index >= 15 is 0 Å². The zero-order valence-corrected chi connectivity index (χ0v) is 16.5. The van der Waals surface area contributed by atoms with Gasteiger partial charge in [0.15, 0.2) is 0 Å². The molecule has 2 aromatic rings. The number of nitrogen functional groups attached to an aromatic ring is 1. The number of hydrogen-bond acceptors (Lipinski definition) is 4. The Hall–Kier alpha value is -2.23. The molecule has 1 fully saturated rings. The van der Waals surface area contributed by atoms with Gasteiger partial charge in [-0.1, -0.05) is 12.1 Å². The molecule has 1 saturated heterocycles. The lowest BCUT2D eigenvalue weighted by molar-refractivity contribution is -0.131. The summed E-state index contributed by atoms with van der Waals surface area (Å²) >= 11 is 0. The van der Waals surface area contributed by atoms with E-state index in [4.69, 9.17) is 5.73 Å². The van der Waals surface area contributed by atoms with Crippen LogP contribution >= 0.6 is 12.4 Å². The number of benzene rings is 2. The molecule has 0 aromatic heterocycles. The van der Waals surface area contributed by atoms with Gasteiger partial charge in [0.2, 0.25) is 15.9 Å². The number of piperazine rings is 1. The van der Waals surface area contributed by atoms with Gasteiger partial charge in [0.25, 0.3) is 0 Å². The highest BCUT2D eigenvalue weighted by Crippen LogP contribution is 2.21. The first-order chi connectivity index (χ1) is 12.8. The number of sulfonamides is 1. The summed E-state index contributed by atoms with van der Waals surface area (Å²) in [6.07, 6.45) is 0.194. The van der Waals surface area contributed by atoms with Crippen LogP contribution in [0.1, 0.15) is 5.56 Å². The Balaban J connectivity index is 0.00000280. The van der Waals surface area contributed by atoms with Crippen LogP contribution in [0.2, 0.25) is 0 Å². The van der Waals surface area contributed by atoms with Gasteiger partial charge < -0.3 is 10.6 Å². The van der Waals surface area contributed by atoms with Gasteiger partial charge in [0, 0.05) is 37.9 Å². The van der Waals surface area contributed by atoms with E-state index in [2.05, 4.69) is 0 Å². The average molecular weight is 432 g/mol. The molecule has 2 N–H and O–H groups in total. The maximum absolute atomic E-state index is 13.9. The van der Waals surface area contributed by atoms with Crippen molar-refractivity contribution in [2.24, 2.45) is 0 Å². The molecule has 28 heavy (non-hydrogen) atoms. The number of hydrogen-bond donors (Lipinski definition) is 1. The molecule has 0 saturated carbocycles. The minimum atomic E-state index is -4.08. The predicted octanol–water partition coefficient (Wildman–Crippen LogP) is 2.04. The second-order valence-corrected chi connectivity index (χ2v) is 8.18. The summed E-state index contributed by atoms with van der Waals surface area (Å²) in [7, 11) is -4.08. The van der Waals surface area contributed by atoms with Crippen LogP contribution in [-0.2, 0) is 21.2 Å². The first-order valence-corrected chi connectivity index (χ1v) is 9.79. The van der Waals surface area contributed by atoms with Crippen molar-refractivity contribution in [3.63, 3.8) is 0 Å². The molecule has 6 nitrogen and oxygen atoms in total. The van der Waals surface area contributed by atoms with E-state index in [0.717, 1.165) is 22.0 Å². The van der Waals surface area contributed by atoms with Gasteiger partial charge in [-0.15, -0.1) is 12.4 Å². The molecule has 1 heterocycles. The fraction of sp³-hybridized carbons (Fsp3) is 0.278. The van der Waals surface area contributed by atoms with E-state index in [1.807, 2.05) is 0 Å². The smallest absolute Gasteiger partial charge is 0.246 e. The maximum atomic E-state index is 13.9. The number of nitrogens with zero attached hydrogens (tertiary/aromatic N) is 2. The summed E-state index contributed by atoms with van der Waals surface area (Å²) in [6.45, 7) is 0.505. The van der Waals surface area contributed by atoms with Crippen molar-refractivity contribution >= 4 is 34.0 Å². The monoisotopic (exact) mass is 431 g/mol. The summed E-state index contributed by atoms with van der Waals surface area (Å²) in [6, 6.07) is 9.32. The van der Waals surface area contributed by atoms with Crippen LogP contribution in [0.25, 0.3) is 0 Å². The number of carbonyl (C=O) groups is 1. The summed E-state index contributed by atoms with van der Waals surface area (Å²) in [5.74, 6) is -2.09. The van der Waals surface area contributed by atoms with Crippen molar-refractivity contribution in [3.8, 4) is 0 Å². The van der Waals surface area contributed by atoms with Crippen molar-refractivity contribution < 1.29 is 22.0 Å². The number of halogens is 3. The Bertz CT molecular complexity index is 947. The molecule has 0 radical (unpaired) electrons. The largest absolute Gasteiger partial charge is 0.399 e. The van der Waals surface area contributed by atoms with Crippen molar-refractivity contribution in [1.29, 1.82) is 0 Å². The van der Waals surface area contributed by atoms with Crippen molar-refractivity contribution in [1.82, 2.24) is 9.21 Å². The number of nitrogens with two attached hydrogens (primary N) is 1. The first-order valence-electron chi connectivity index (χ1n) is 8.35. The molecule has 2 aromatic carbocycles.